The van der Waals surface area contributed by atoms with E-state index in [1.54, 1.807) is 18.2 Å². The lowest BCUT2D eigenvalue weighted by Gasteiger charge is -2.29. The van der Waals surface area contributed by atoms with E-state index in [2.05, 4.69) is 10.1 Å². The molecule has 1 aliphatic heterocycles. The molecule has 1 unspecified atom stereocenters. The summed E-state index contributed by atoms with van der Waals surface area (Å²) in [6.07, 6.45) is 1.62. The molecule has 7 heteroatoms. The SMILES string of the molecule is Cl.O=C(O)C1CCCN(CCO/N=C(\c2ccccc2)c2cccc(O)c2)C1. The van der Waals surface area contributed by atoms with Gasteiger partial charge in [-0.15, -0.1) is 12.4 Å². The van der Waals surface area contributed by atoms with Gasteiger partial charge in [-0.25, -0.2) is 0 Å². The van der Waals surface area contributed by atoms with Gasteiger partial charge in [0.15, 0.2) is 0 Å². The quantitative estimate of drug-likeness (QED) is 0.420. The van der Waals surface area contributed by atoms with Gasteiger partial charge >= 0.3 is 5.97 Å². The first-order chi connectivity index (χ1) is 13.1. The van der Waals surface area contributed by atoms with Crippen LogP contribution < -0.4 is 0 Å². The van der Waals surface area contributed by atoms with Gasteiger partial charge in [0, 0.05) is 24.2 Å². The molecule has 2 aromatic rings. The van der Waals surface area contributed by atoms with Crippen molar-refractivity contribution in [2.75, 3.05) is 26.2 Å². The number of carboxylic acids is 1. The van der Waals surface area contributed by atoms with Crippen LogP contribution >= 0.6 is 12.4 Å². The van der Waals surface area contributed by atoms with E-state index in [1.807, 2.05) is 36.4 Å². The largest absolute Gasteiger partial charge is 0.508 e. The van der Waals surface area contributed by atoms with E-state index in [1.165, 1.54) is 0 Å². The van der Waals surface area contributed by atoms with Crippen molar-refractivity contribution in [1.29, 1.82) is 0 Å². The van der Waals surface area contributed by atoms with Gasteiger partial charge in [0.05, 0.1) is 5.92 Å². The molecule has 1 heterocycles. The minimum atomic E-state index is -0.728. The van der Waals surface area contributed by atoms with Gasteiger partial charge < -0.3 is 15.1 Å². The van der Waals surface area contributed by atoms with Crippen molar-refractivity contribution >= 4 is 24.1 Å². The van der Waals surface area contributed by atoms with E-state index >= 15 is 0 Å². The van der Waals surface area contributed by atoms with Crippen molar-refractivity contribution in [2.24, 2.45) is 11.1 Å². The van der Waals surface area contributed by atoms with Gasteiger partial charge in [0.25, 0.3) is 0 Å². The highest BCUT2D eigenvalue weighted by Gasteiger charge is 2.25. The Labute approximate surface area is 170 Å². The second kappa shape index (κ2) is 10.7. The molecule has 2 N–H and O–H groups in total. The number of piperidine rings is 1. The number of hydrogen-bond donors (Lipinski definition) is 2. The molecule has 0 aliphatic carbocycles. The zero-order valence-corrected chi connectivity index (χ0v) is 16.3. The number of nitrogens with zero attached hydrogens (tertiary/aromatic N) is 2. The van der Waals surface area contributed by atoms with E-state index in [-0.39, 0.29) is 24.1 Å². The molecule has 1 saturated heterocycles. The van der Waals surface area contributed by atoms with Crippen molar-refractivity contribution in [3.63, 3.8) is 0 Å². The van der Waals surface area contributed by atoms with Crippen molar-refractivity contribution in [1.82, 2.24) is 4.90 Å². The maximum atomic E-state index is 11.2. The van der Waals surface area contributed by atoms with Crippen LogP contribution in [-0.2, 0) is 9.63 Å². The lowest BCUT2D eigenvalue weighted by Crippen LogP contribution is -2.40. The fourth-order valence-corrected chi connectivity index (χ4v) is 3.26. The summed E-state index contributed by atoms with van der Waals surface area (Å²) in [5.41, 5.74) is 2.31. The average molecular weight is 405 g/mol. The maximum absolute atomic E-state index is 11.2. The van der Waals surface area contributed by atoms with Crippen LogP contribution in [0.25, 0.3) is 0 Å². The Kier molecular flexibility index (Phi) is 8.29. The van der Waals surface area contributed by atoms with Crippen molar-refractivity contribution in [3.8, 4) is 5.75 Å². The Morgan fingerprint density at radius 3 is 2.61 bits per heavy atom. The highest BCUT2D eigenvalue weighted by Crippen LogP contribution is 2.18. The Morgan fingerprint density at radius 1 is 1.14 bits per heavy atom. The number of oxime groups is 1. The highest BCUT2D eigenvalue weighted by atomic mass is 35.5. The maximum Gasteiger partial charge on any atom is 0.307 e. The molecule has 0 radical (unpaired) electrons. The van der Waals surface area contributed by atoms with E-state index in [0.717, 1.165) is 30.5 Å². The minimum Gasteiger partial charge on any atom is -0.508 e. The van der Waals surface area contributed by atoms with Crippen LogP contribution in [0.4, 0.5) is 0 Å². The predicted molar refractivity (Wildman–Crippen MR) is 110 cm³/mol. The fraction of sp³-hybridized carbons (Fsp3) is 0.333. The summed E-state index contributed by atoms with van der Waals surface area (Å²) >= 11 is 0. The Balaban J connectivity index is 0.00000280. The molecule has 0 amide bonds. The number of aromatic hydroxyl groups is 1. The van der Waals surface area contributed by atoms with Gasteiger partial charge in [-0.1, -0.05) is 47.6 Å². The Bertz CT molecular complexity index is 798. The number of phenolic OH excluding ortho intramolecular Hbond substituents is 1. The van der Waals surface area contributed by atoms with Crippen LogP contribution in [0, 0.1) is 5.92 Å². The molecule has 1 aliphatic rings. The van der Waals surface area contributed by atoms with Crippen LogP contribution in [-0.4, -0.2) is 53.0 Å². The third-order valence-electron chi connectivity index (χ3n) is 4.68. The summed E-state index contributed by atoms with van der Waals surface area (Å²) in [6.45, 7) is 2.45. The number of likely N-dealkylation sites (tertiary alicyclic amines) is 1. The summed E-state index contributed by atoms with van der Waals surface area (Å²) < 4.78 is 0. The summed E-state index contributed by atoms with van der Waals surface area (Å²) in [7, 11) is 0. The van der Waals surface area contributed by atoms with E-state index in [0.29, 0.717) is 25.4 Å². The molecular formula is C21H25ClN2O4. The van der Waals surface area contributed by atoms with Gasteiger partial charge in [0.1, 0.15) is 18.1 Å². The first-order valence-electron chi connectivity index (χ1n) is 9.13. The third kappa shape index (κ3) is 5.97. The molecule has 1 fully saturated rings. The van der Waals surface area contributed by atoms with Crippen LogP contribution in [0.15, 0.2) is 59.8 Å². The summed E-state index contributed by atoms with van der Waals surface area (Å²) in [4.78, 5) is 18.8. The lowest BCUT2D eigenvalue weighted by molar-refractivity contribution is -0.143. The number of benzene rings is 2. The van der Waals surface area contributed by atoms with Crippen LogP contribution in [0.5, 0.6) is 5.75 Å². The van der Waals surface area contributed by atoms with Crippen molar-refractivity contribution in [2.45, 2.75) is 12.8 Å². The van der Waals surface area contributed by atoms with Gasteiger partial charge in [-0.3, -0.25) is 9.69 Å². The normalized spacial score (nSPS) is 17.6. The number of carboxylic acid groups (broad SMARTS) is 1. The molecule has 0 spiro atoms. The van der Waals surface area contributed by atoms with E-state index in [9.17, 15) is 15.0 Å². The second-order valence-corrected chi connectivity index (χ2v) is 6.67. The smallest absolute Gasteiger partial charge is 0.307 e. The summed E-state index contributed by atoms with van der Waals surface area (Å²) in [6, 6.07) is 16.6. The monoisotopic (exact) mass is 404 g/mol. The molecular weight excluding hydrogens is 380 g/mol. The molecule has 0 saturated carbocycles. The standard InChI is InChI=1S/C21H24N2O4.ClH/c24-19-10-4-8-17(14-19)20(16-6-2-1-3-7-16)22-27-13-12-23-11-5-9-18(15-23)21(25)26;/h1-4,6-8,10,14,18,24H,5,9,11-13,15H2,(H,25,26);1H/b22-20+;. The second-order valence-electron chi connectivity index (χ2n) is 6.67. The number of hydrogen-bond acceptors (Lipinski definition) is 5. The fourth-order valence-electron chi connectivity index (χ4n) is 3.26. The van der Waals surface area contributed by atoms with Crippen LogP contribution in [0.3, 0.4) is 0 Å². The molecule has 1 atom stereocenters. The molecule has 2 aromatic carbocycles. The predicted octanol–water partition coefficient (Wildman–Crippen LogP) is 3.38. The van der Waals surface area contributed by atoms with Gasteiger partial charge in [-0.05, 0) is 31.5 Å². The third-order valence-corrected chi connectivity index (χ3v) is 4.68. The molecule has 28 heavy (non-hydrogen) atoms. The topological polar surface area (TPSA) is 82.4 Å². The van der Waals surface area contributed by atoms with Gasteiger partial charge in [0.2, 0.25) is 0 Å². The summed E-state index contributed by atoms with van der Waals surface area (Å²) in [5, 5.41) is 23.3. The number of carbonyl (C=O) groups is 1. The molecule has 3 rings (SSSR count). The van der Waals surface area contributed by atoms with Crippen LogP contribution in [0.1, 0.15) is 24.0 Å². The van der Waals surface area contributed by atoms with Crippen molar-refractivity contribution in [3.05, 3.63) is 65.7 Å². The van der Waals surface area contributed by atoms with Crippen LogP contribution in [0.2, 0.25) is 0 Å². The average Bonchev–Trinajstić information content (AvgIpc) is 2.69. The first kappa shape index (κ1) is 21.7. The molecule has 0 aromatic heterocycles. The molecule has 6 nitrogen and oxygen atoms in total. The zero-order valence-electron chi connectivity index (χ0n) is 15.5. The van der Waals surface area contributed by atoms with Crippen molar-refractivity contribution < 1.29 is 19.8 Å². The van der Waals surface area contributed by atoms with E-state index in [4.69, 9.17) is 4.84 Å². The first-order valence-corrected chi connectivity index (χ1v) is 9.13. The molecule has 0 bridgehead atoms. The van der Waals surface area contributed by atoms with E-state index < -0.39 is 5.97 Å². The number of halogens is 1. The highest BCUT2D eigenvalue weighted by molar-refractivity contribution is 6.12. The number of aliphatic carboxylic acids is 1. The molecule has 150 valence electrons. The Morgan fingerprint density at radius 2 is 1.89 bits per heavy atom. The summed E-state index contributed by atoms with van der Waals surface area (Å²) in [5.74, 6) is -0.854. The number of rotatable bonds is 7. The Hall–Kier alpha value is -2.57. The van der Waals surface area contributed by atoms with Gasteiger partial charge in [-0.2, -0.15) is 0 Å². The minimum absolute atomic E-state index is 0. The zero-order chi connectivity index (χ0) is 19.1. The number of phenols is 1. The lowest BCUT2D eigenvalue weighted by atomic mass is 9.98.